The molecule has 0 aliphatic heterocycles. The molecule has 46 heavy (non-hydrogen) atoms. The van der Waals surface area contributed by atoms with Crippen molar-refractivity contribution >= 4 is 40.4 Å². The lowest BCUT2D eigenvalue weighted by Crippen LogP contribution is -2.31. The fourth-order valence-corrected chi connectivity index (χ4v) is 4.70. The highest BCUT2D eigenvalue weighted by atomic mass is 35.5. The maximum absolute atomic E-state index is 13.8. The Kier molecular flexibility index (Phi) is 15.6. The number of fused-ring (bicyclic) bond motifs is 2. The van der Waals surface area contributed by atoms with Gasteiger partial charge in [0.15, 0.2) is 11.6 Å². The Hall–Kier alpha value is -4.77. The molecular weight excluding hydrogens is 623 g/mol. The van der Waals surface area contributed by atoms with Crippen LogP contribution < -0.4 is 5.32 Å². The number of hydrogen-bond acceptors (Lipinski definition) is 7. The Morgan fingerprint density at radius 1 is 0.783 bits per heavy atom. The molecule has 4 heterocycles. The number of H-pyrrole nitrogens is 2. The van der Waals surface area contributed by atoms with Crippen molar-refractivity contribution in [3.63, 3.8) is 0 Å². The molecule has 0 atom stereocenters. The molecule has 14 nitrogen and oxygen atoms in total. The fourth-order valence-electron chi connectivity index (χ4n) is 4.70. The van der Waals surface area contributed by atoms with Crippen LogP contribution in [0.1, 0.15) is 33.7 Å². The monoisotopic (exact) mass is 660 g/mol. The third-order valence-corrected chi connectivity index (χ3v) is 6.88. The van der Waals surface area contributed by atoms with Crippen LogP contribution in [0.4, 0.5) is 4.39 Å². The van der Waals surface area contributed by atoms with E-state index in [1.54, 1.807) is 0 Å². The molecule has 2 aromatic carbocycles. The number of imidazole rings is 2. The predicted octanol–water partition coefficient (Wildman–Crippen LogP) is 1.34. The molecule has 0 fully saturated rings. The zero-order chi connectivity index (χ0) is 28.0. The summed E-state index contributed by atoms with van der Waals surface area (Å²) >= 11 is 0. The van der Waals surface area contributed by atoms with Crippen LogP contribution in [-0.2, 0) is 25.8 Å². The van der Waals surface area contributed by atoms with Crippen molar-refractivity contribution in [1.29, 1.82) is 0 Å². The zero-order valence-corrected chi connectivity index (χ0v) is 25.5. The number of nitrogens with one attached hydrogen (secondary N) is 3. The molecule has 0 radical (unpaired) electrons. The summed E-state index contributed by atoms with van der Waals surface area (Å²) in [7, 11) is 0. The minimum Gasteiger partial charge on any atom is -0.448 e. The summed E-state index contributed by atoms with van der Waals surface area (Å²) < 4.78 is 19.4. The summed E-state index contributed by atoms with van der Waals surface area (Å²) in [5, 5.41) is 2.64. The summed E-state index contributed by atoms with van der Waals surface area (Å²) in [6.45, 7) is 2.17. The first kappa shape index (κ1) is 39.3. The SMILES string of the molecule is Cl.O.O.O.O.O=C(NCc1ncccc1F)c1coc(CCN(CCc2nc3ccccc3[nH]2)CCc2nc3ccccc3[nH]2)n1. The van der Waals surface area contributed by atoms with Crippen LogP contribution in [0.5, 0.6) is 0 Å². The van der Waals surface area contributed by atoms with Gasteiger partial charge in [0.05, 0.1) is 34.3 Å². The summed E-state index contributed by atoms with van der Waals surface area (Å²) in [5.74, 6) is 1.39. The molecule has 0 unspecified atom stereocenters. The molecular formula is C30H38ClFN8O6. The molecule has 1 amide bonds. The summed E-state index contributed by atoms with van der Waals surface area (Å²) in [4.78, 5) is 39.4. The number of pyridine rings is 1. The Balaban J connectivity index is 0.00000212. The van der Waals surface area contributed by atoms with Crippen molar-refractivity contribution in [1.82, 2.24) is 40.1 Å². The topological polar surface area (TPSA) is 255 Å². The van der Waals surface area contributed by atoms with Crippen molar-refractivity contribution in [3.8, 4) is 0 Å². The maximum atomic E-state index is 13.8. The number of nitrogens with zero attached hydrogens (tertiary/aromatic N) is 5. The van der Waals surface area contributed by atoms with Gasteiger partial charge in [-0.1, -0.05) is 24.3 Å². The fraction of sp³-hybridized carbons (Fsp3) is 0.233. The highest BCUT2D eigenvalue weighted by molar-refractivity contribution is 5.91. The molecule has 6 rings (SSSR count). The van der Waals surface area contributed by atoms with Gasteiger partial charge in [-0.3, -0.25) is 9.78 Å². The molecule has 0 spiro atoms. The van der Waals surface area contributed by atoms with E-state index in [1.165, 1.54) is 24.6 Å². The van der Waals surface area contributed by atoms with Gasteiger partial charge in [-0.05, 0) is 36.4 Å². The average Bonchev–Trinajstić information content (AvgIpc) is 3.74. The number of benzene rings is 2. The Bertz CT molecular complexity index is 1650. The quantitative estimate of drug-likeness (QED) is 0.173. The van der Waals surface area contributed by atoms with E-state index in [-0.39, 0.29) is 52.2 Å². The average molecular weight is 661 g/mol. The lowest BCUT2D eigenvalue weighted by Gasteiger charge is -2.20. The van der Waals surface area contributed by atoms with Gasteiger partial charge in [-0.25, -0.2) is 19.3 Å². The minimum atomic E-state index is -0.473. The third kappa shape index (κ3) is 9.61. The van der Waals surface area contributed by atoms with Gasteiger partial charge in [-0.15, -0.1) is 12.4 Å². The number of oxazole rings is 1. The second-order valence-corrected chi connectivity index (χ2v) is 9.73. The van der Waals surface area contributed by atoms with Gasteiger partial charge in [-0.2, -0.15) is 0 Å². The van der Waals surface area contributed by atoms with E-state index in [4.69, 9.17) is 14.4 Å². The highest BCUT2D eigenvalue weighted by Gasteiger charge is 2.16. The Labute approximate surface area is 269 Å². The van der Waals surface area contributed by atoms with Crippen LogP contribution in [-0.4, -0.2) is 82.2 Å². The van der Waals surface area contributed by atoms with Crippen LogP contribution in [0.25, 0.3) is 22.1 Å². The van der Waals surface area contributed by atoms with Crippen LogP contribution in [0.2, 0.25) is 0 Å². The standard InChI is InChI=1S/C30H29FN8O2.ClH.4H2O/c31-20-6-5-14-32-25(20)18-33-30(40)26-19-41-29(38-26)13-17-39(15-11-27-34-21-7-1-2-8-22(21)35-27)16-12-28-36-23-9-3-4-10-24(23)37-28;;;;;/h1-10,14,19H,11-13,15-18H2,(H,33,40)(H,34,35)(H,36,37);1H;4*1H2. The Morgan fingerprint density at radius 3 is 1.91 bits per heavy atom. The molecule has 11 N–H and O–H groups in total. The minimum absolute atomic E-state index is 0. The van der Waals surface area contributed by atoms with Crippen LogP contribution >= 0.6 is 12.4 Å². The molecule has 0 saturated carbocycles. The zero-order valence-electron chi connectivity index (χ0n) is 24.7. The molecule has 0 aliphatic rings. The third-order valence-electron chi connectivity index (χ3n) is 6.88. The number of aromatic nitrogens is 6. The largest absolute Gasteiger partial charge is 0.448 e. The number of amides is 1. The van der Waals surface area contributed by atoms with Crippen molar-refractivity contribution in [2.45, 2.75) is 25.8 Å². The Morgan fingerprint density at radius 2 is 1.35 bits per heavy atom. The van der Waals surface area contributed by atoms with E-state index >= 15 is 0 Å². The molecule has 6 aromatic rings. The first-order chi connectivity index (χ1) is 20.1. The number of halogens is 2. The van der Waals surface area contributed by atoms with Crippen molar-refractivity contribution < 1.29 is 35.5 Å². The molecule has 4 aromatic heterocycles. The van der Waals surface area contributed by atoms with E-state index in [0.717, 1.165) is 59.6 Å². The molecule has 0 saturated heterocycles. The summed E-state index contributed by atoms with van der Waals surface area (Å²) in [6.07, 6.45) is 4.82. The van der Waals surface area contributed by atoms with Crippen LogP contribution in [0.15, 0.2) is 77.5 Å². The first-order valence-electron chi connectivity index (χ1n) is 13.5. The number of rotatable bonds is 12. The van der Waals surface area contributed by atoms with Crippen LogP contribution in [0, 0.1) is 5.82 Å². The van der Waals surface area contributed by atoms with Crippen molar-refractivity contribution in [2.75, 3.05) is 19.6 Å². The molecule has 0 aliphatic carbocycles. The van der Waals surface area contributed by atoms with Crippen molar-refractivity contribution in [2.24, 2.45) is 0 Å². The van der Waals surface area contributed by atoms with E-state index in [9.17, 15) is 9.18 Å². The second kappa shape index (κ2) is 18.3. The summed E-state index contributed by atoms with van der Waals surface area (Å²) in [5.41, 5.74) is 4.25. The van der Waals surface area contributed by atoms with Gasteiger partial charge in [0.2, 0.25) is 0 Å². The molecule has 0 bridgehead atoms. The van der Waals surface area contributed by atoms with Gasteiger partial charge in [0.1, 0.15) is 23.7 Å². The molecule has 16 heteroatoms. The predicted molar refractivity (Wildman–Crippen MR) is 173 cm³/mol. The maximum Gasteiger partial charge on any atom is 0.273 e. The van der Waals surface area contributed by atoms with E-state index < -0.39 is 11.7 Å². The van der Waals surface area contributed by atoms with Gasteiger partial charge < -0.3 is 46.5 Å². The lowest BCUT2D eigenvalue weighted by molar-refractivity contribution is 0.0945. The number of carbonyl (C=O) groups excluding carboxylic acids is 1. The van der Waals surface area contributed by atoms with Gasteiger partial charge in [0, 0.05) is 45.1 Å². The van der Waals surface area contributed by atoms with Gasteiger partial charge in [0.25, 0.3) is 5.91 Å². The second-order valence-electron chi connectivity index (χ2n) is 9.73. The number of aromatic amines is 2. The number of hydrogen-bond donors (Lipinski definition) is 3. The van der Waals surface area contributed by atoms with Crippen molar-refractivity contribution in [3.05, 3.63) is 108 Å². The van der Waals surface area contributed by atoms with E-state index in [2.05, 4.69) is 30.2 Å². The number of carbonyl (C=O) groups is 1. The summed E-state index contributed by atoms with van der Waals surface area (Å²) in [6, 6.07) is 18.8. The smallest absolute Gasteiger partial charge is 0.273 e. The highest BCUT2D eigenvalue weighted by Crippen LogP contribution is 2.14. The van der Waals surface area contributed by atoms with E-state index in [0.29, 0.717) is 18.9 Å². The normalized spacial score (nSPS) is 10.3. The van der Waals surface area contributed by atoms with E-state index in [1.807, 2.05) is 48.5 Å². The molecule has 248 valence electrons. The number of para-hydroxylation sites is 4. The van der Waals surface area contributed by atoms with Crippen LogP contribution in [0.3, 0.4) is 0 Å². The first-order valence-corrected chi connectivity index (χ1v) is 13.5. The van der Waals surface area contributed by atoms with Gasteiger partial charge >= 0.3 is 0 Å². The lowest BCUT2D eigenvalue weighted by atomic mass is 10.3.